The van der Waals surface area contributed by atoms with Gasteiger partial charge in [-0.2, -0.15) is 0 Å². The van der Waals surface area contributed by atoms with Crippen LogP contribution in [-0.2, 0) is 12.8 Å². The van der Waals surface area contributed by atoms with E-state index in [0.29, 0.717) is 23.6 Å². The van der Waals surface area contributed by atoms with Crippen molar-refractivity contribution in [2.24, 2.45) is 0 Å². The summed E-state index contributed by atoms with van der Waals surface area (Å²) >= 11 is 5.96. The summed E-state index contributed by atoms with van der Waals surface area (Å²) in [6.07, 6.45) is 1.05. The Bertz CT molecular complexity index is 648. The number of fused-ring (bicyclic) bond motifs is 1. The van der Waals surface area contributed by atoms with E-state index < -0.39 is 0 Å². The van der Waals surface area contributed by atoms with Gasteiger partial charge in [0.2, 0.25) is 0 Å². The Morgan fingerprint density at radius 2 is 2.20 bits per heavy atom. The molecule has 5 heteroatoms. The summed E-state index contributed by atoms with van der Waals surface area (Å²) in [4.78, 5) is 4.36. The minimum absolute atomic E-state index is 0.0460. The smallest absolute Gasteiger partial charge is 0.129 e. The summed E-state index contributed by atoms with van der Waals surface area (Å²) < 4.78 is 13.8. The summed E-state index contributed by atoms with van der Waals surface area (Å²) in [5, 5.41) is 12.8. The maximum atomic E-state index is 13.8. The molecule has 0 fully saturated rings. The number of hydrogen-bond donors (Lipinski definition) is 2. The van der Waals surface area contributed by atoms with Crippen LogP contribution in [0.4, 0.5) is 10.1 Å². The number of aromatic nitrogens is 1. The highest BCUT2D eigenvalue weighted by Crippen LogP contribution is 2.36. The SMILES string of the molecule is OCCc1ccc(Cl)nc1C1Cc2c(F)cccc2N1. The molecule has 20 heavy (non-hydrogen) atoms. The highest BCUT2D eigenvalue weighted by molar-refractivity contribution is 6.29. The van der Waals surface area contributed by atoms with E-state index >= 15 is 0 Å². The molecule has 1 atom stereocenters. The fourth-order valence-electron chi connectivity index (χ4n) is 2.62. The minimum atomic E-state index is -0.205. The zero-order valence-corrected chi connectivity index (χ0v) is 11.5. The molecule has 0 bridgehead atoms. The first-order chi connectivity index (χ1) is 9.69. The van der Waals surface area contributed by atoms with Gasteiger partial charge in [0, 0.05) is 24.3 Å². The van der Waals surface area contributed by atoms with Crippen LogP contribution in [-0.4, -0.2) is 16.7 Å². The Kier molecular flexibility index (Phi) is 3.59. The fourth-order valence-corrected chi connectivity index (χ4v) is 2.78. The molecule has 0 aliphatic carbocycles. The van der Waals surface area contributed by atoms with Crippen molar-refractivity contribution >= 4 is 17.3 Å². The van der Waals surface area contributed by atoms with E-state index in [0.717, 1.165) is 16.9 Å². The molecule has 0 saturated carbocycles. The Morgan fingerprint density at radius 1 is 1.35 bits per heavy atom. The van der Waals surface area contributed by atoms with Crippen LogP contribution in [0.3, 0.4) is 0 Å². The third-order valence-corrected chi connectivity index (χ3v) is 3.76. The molecule has 2 aromatic rings. The number of nitrogens with one attached hydrogen (secondary N) is 1. The van der Waals surface area contributed by atoms with Gasteiger partial charge in [-0.05, 0) is 30.2 Å². The van der Waals surface area contributed by atoms with Gasteiger partial charge in [0.05, 0.1) is 11.7 Å². The minimum Gasteiger partial charge on any atom is -0.396 e. The maximum Gasteiger partial charge on any atom is 0.129 e. The number of hydrogen-bond acceptors (Lipinski definition) is 3. The molecule has 3 nitrogen and oxygen atoms in total. The first-order valence-corrected chi connectivity index (χ1v) is 6.87. The lowest BCUT2D eigenvalue weighted by atomic mass is 10.0. The van der Waals surface area contributed by atoms with Crippen molar-refractivity contribution in [2.75, 3.05) is 11.9 Å². The molecule has 0 spiro atoms. The van der Waals surface area contributed by atoms with Crippen LogP contribution in [0, 0.1) is 5.82 Å². The first kappa shape index (κ1) is 13.3. The van der Waals surface area contributed by atoms with Crippen molar-refractivity contribution < 1.29 is 9.50 Å². The van der Waals surface area contributed by atoms with Gasteiger partial charge >= 0.3 is 0 Å². The third kappa shape index (κ3) is 2.37. The normalized spacial score (nSPS) is 16.9. The molecule has 0 radical (unpaired) electrons. The largest absolute Gasteiger partial charge is 0.396 e. The molecule has 2 heterocycles. The number of nitrogens with zero attached hydrogens (tertiary/aromatic N) is 1. The molecule has 2 N–H and O–H groups in total. The van der Waals surface area contributed by atoms with E-state index in [9.17, 15) is 4.39 Å². The second kappa shape index (κ2) is 5.38. The molecule has 104 valence electrons. The standard InChI is InChI=1S/C15H14ClFN2O/c16-14-5-4-9(6-7-20)15(19-14)13-8-10-11(17)2-1-3-12(10)18-13/h1-5,13,18,20H,6-8H2. The molecular weight excluding hydrogens is 279 g/mol. The van der Waals surface area contributed by atoms with Crippen molar-refractivity contribution in [3.8, 4) is 0 Å². The Labute approximate surface area is 121 Å². The van der Waals surface area contributed by atoms with Crippen LogP contribution in [0.1, 0.15) is 22.9 Å². The van der Waals surface area contributed by atoms with Crippen molar-refractivity contribution in [3.63, 3.8) is 0 Å². The van der Waals surface area contributed by atoms with Crippen LogP contribution >= 0.6 is 11.6 Å². The molecule has 1 aromatic carbocycles. The number of aliphatic hydroxyl groups excluding tert-OH is 1. The van der Waals surface area contributed by atoms with Crippen molar-refractivity contribution in [3.05, 3.63) is 58.1 Å². The average molecular weight is 293 g/mol. The maximum absolute atomic E-state index is 13.8. The van der Waals surface area contributed by atoms with Crippen molar-refractivity contribution in [1.82, 2.24) is 4.98 Å². The predicted molar refractivity (Wildman–Crippen MR) is 76.5 cm³/mol. The van der Waals surface area contributed by atoms with Gasteiger partial charge in [-0.1, -0.05) is 23.7 Å². The quantitative estimate of drug-likeness (QED) is 0.855. The number of halogens is 2. The lowest BCUT2D eigenvalue weighted by Gasteiger charge is -2.15. The lowest BCUT2D eigenvalue weighted by molar-refractivity contribution is 0.299. The highest BCUT2D eigenvalue weighted by Gasteiger charge is 2.27. The van der Waals surface area contributed by atoms with Gasteiger partial charge in [0.25, 0.3) is 0 Å². The van der Waals surface area contributed by atoms with Crippen LogP contribution < -0.4 is 5.32 Å². The third-order valence-electron chi connectivity index (χ3n) is 3.55. The Morgan fingerprint density at radius 3 is 2.95 bits per heavy atom. The summed E-state index contributed by atoms with van der Waals surface area (Å²) in [5.41, 5.74) is 3.19. The Balaban J connectivity index is 1.96. The number of aliphatic hydroxyl groups is 1. The summed E-state index contributed by atoms with van der Waals surface area (Å²) in [6.45, 7) is 0.0460. The summed E-state index contributed by atoms with van der Waals surface area (Å²) in [5.74, 6) is -0.205. The van der Waals surface area contributed by atoms with E-state index in [1.54, 1.807) is 12.1 Å². The molecule has 1 aromatic heterocycles. The van der Waals surface area contributed by atoms with Gasteiger partial charge < -0.3 is 10.4 Å². The first-order valence-electron chi connectivity index (χ1n) is 6.49. The van der Waals surface area contributed by atoms with Gasteiger partial charge in [-0.3, -0.25) is 0 Å². The summed E-state index contributed by atoms with van der Waals surface area (Å²) in [6, 6.07) is 8.46. The van der Waals surface area contributed by atoms with Gasteiger partial charge in [-0.25, -0.2) is 9.37 Å². The second-order valence-corrected chi connectivity index (χ2v) is 5.21. The van der Waals surface area contributed by atoms with Gasteiger partial charge in [0.1, 0.15) is 11.0 Å². The van der Waals surface area contributed by atoms with Crippen molar-refractivity contribution in [1.29, 1.82) is 0 Å². The molecular formula is C15H14ClFN2O. The highest BCUT2D eigenvalue weighted by atomic mass is 35.5. The van der Waals surface area contributed by atoms with Crippen molar-refractivity contribution in [2.45, 2.75) is 18.9 Å². The molecule has 1 unspecified atom stereocenters. The molecule has 1 aliphatic heterocycles. The number of benzene rings is 1. The van der Waals surface area contributed by atoms with Gasteiger partial charge in [0.15, 0.2) is 0 Å². The lowest BCUT2D eigenvalue weighted by Crippen LogP contribution is -2.12. The molecule has 0 saturated heterocycles. The van der Waals surface area contributed by atoms with E-state index in [1.807, 2.05) is 12.1 Å². The number of pyridine rings is 1. The number of rotatable bonds is 3. The fraction of sp³-hybridized carbons (Fsp3) is 0.267. The van der Waals surface area contributed by atoms with Gasteiger partial charge in [-0.15, -0.1) is 0 Å². The molecule has 0 amide bonds. The van der Waals surface area contributed by atoms with E-state index in [1.165, 1.54) is 6.07 Å². The van der Waals surface area contributed by atoms with E-state index in [4.69, 9.17) is 16.7 Å². The number of anilines is 1. The monoisotopic (exact) mass is 292 g/mol. The Hall–Kier alpha value is -1.65. The van der Waals surface area contributed by atoms with E-state index in [-0.39, 0.29) is 18.5 Å². The molecule has 1 aliphatic rings. The predicted octanol–water partition coefficient (Wildman–Crippen LogP) is 3.12. The topological polar surface area (TPSA) is 45.2 Å². The van der Waals surface area contributed by atoms with Crippen LogP contribution in [0.15, 0.2) is 30.3 Å². The molecule has 3 rings (SSSR count). The van der Waals surface area contributed by atoms with Crippen LogP contribution in [0.2, 0.25) is 5.15 Å². The summed E-state index contributed by atoms with van der Waals surface area (Å²) in [7, 11) is 0. The average Bonchev–Trinajstić information content (AvgIpc) is 2.86. The van der Waals surface area contributed by atoms with E-state index in [2.05, 4.69) is 10.3 Å². The van der Waals surface area contributed by atoms with Crippen LogP contribution in [0.5, 0.6) is 0 Å². The second-order valence-electron chi connectivity index (χ2n) is 4.82. The zero-order chi connectivity index (χ0) is 14.1. The zero-order valence-electron chi connectivity index (χ0n) is 10.7. The van der Waals surface area contributed by atoms with Crippen LogP contribution in [0.25, 0.3) is 0 Å².